The van der Waals surface area contributed by atoms with Gasteiger partial charge in [-0.25, -0.2) is 4.98 Å². The first-order valence-corrected chi connectivity index (χ1v) is 10.1. The van der Waals surface area contributed by atoms with Gasteiger partial charge in [-0.3, -0.25) is 4.99 Å². The number of nitrogens with one attached hydrogen (secondary N) is 2. The van der Waals surface area contributed by atoms with Crippen LogP contribution >= 0.6 is 35.3 Å². The van der Waals surface area contributed by atoms with E-state index in [9.17, 15) is 5.11 Å². The summed E-state index contributed by atoms with van der Waals surface area (Å²) in [6.07, 6.45) is 5.55. The Kier molecular flexibility index (Phi) is 13.5. The molecule has 0 amide bonds. The van der Waals surface area contributed by atoms with Crippen molar-refractivity contribution in [1.29, 1.82) is 0 Å². The second-order valence-corrected chi connectivity index (χ2v) is 7.28. The first kappa shape index (κ1) is 24.6. The van der Waals surface area contributed by atoms with Crippen molar-refractivity contribution in [1.82, 2.24) is 15.6 Å². The maximum atomic E-state index is 10.7. The zero-order chi connectivity index (χ0) is 17.8. The maximum absolute atomic E-state index is 10.7. The highest BCUT2D eigenvalue weighted by Gasteiger charge is 2.24. The number of aromatic nitrogens is 1. The van der Waals surface area contributed by atoms with Gasteiger partial charge in [0.25, 0.3) is 0 Å². The number of hydrogen-bond donors (Lipinski definition) is 3. The van der Waals surface area contributed by atoms with Gasteiger partial charge in [0.1, 0.15) is 0 Å². The number of thiazole rings is 1. The minimum Gasteiger partial charge on any atom is -0.388 e. The van der Waals surface area contributed by atoms with E-state index in [2.05, 4.69) is 46.8 Å². The molecule has 0 radical (unpaired) electrons. The lowest BCUT2D eigenvalue weighted by molar-refractivity contribution is 0.0306. The molecule has 0 aliphatic rings. The van der Waals surface area contributed by atoms with Crippen LogP contribution in [-0.4, -0.2) is 41.3 Å². The summed E-state index contributed by atoms with van der Waals surface area (Å²) in [6, 6.07) is 0. The van der Waals surface area contributed by atoms with Gasteiger partial charge in [0.2, 0.25) is 0 Å². The Morgan fingerprint density at radius 2 is 1.92 bits per heavy atom. The Hall–Kier alpha value is -0.410. The topological polar surface area (TPSA) is 69.5 Å². The molecule has 0 spiro atoms. The summed E-state index contributed by atoms with van der Waals surface area (Å²) in [5.41, 5.74) is 0.425. The molecule has 0 fully saturated rings. The van der Waals surface area contributed by atoms with E-state index in [1.165, 1.54) is 5.01 Å². The number of halogens is 1. The molecular weight excluding hydrogens is 447 g/mol. The van der Waals surface area contributed by atoms with Crippen molar-refractivity contribution in [2.45, 2.75) is 71.8 Å². The van der Waals surface area contributed by atoms with Gasteiger partial charge in [0, 0.05) is 30.6 Å². The molecule has 25 heavy (non-hydrogen) atoms. The van der Waals surface area contributed by atoms with E-state index < -0.39 is 5.60 Å². The van der Waals surface area contributed by atoms with Gasteiger partial charge in [0.05, 0.1) is 17.2 Å². The van der Waals surface area contributed by atoms with Crippen molar-refractivity contribution >= 4 is 41.3 Å². The predicted octanol–water partition coefficient (Wildman–Crippen LogP) is 3.89. The van der Waals surface area contributed by atoms with E-state index >= 15 is 0 Å². The summed E-state index contributed by atoms with van der Waals surface area (Å²) in [5.74, 6) is 0.790. The molecule has 146 valence electrons. The van der Waals surface area contributed by atoms with E-state index in [0.717, 1.165) is 63.3 Å². The minimum atomic E-state index is -0.676. The Morgan fingerprint density at radius 3 is 2.44 bits per heavy atom. The first-order valence-electron chi connectivity index (χ1n) is 9.18. The average Bonchev–Trinajstić information content (AvgIpc) is 2.95. The fourth-order valence-corrected chi connectivity index (χ4v) is 3.56. The fourth-order valence-electron chi connectivity index (χ4n) is 2.75. The summed E-state index contributed by atoms with van der Waals surface area (Å²) in [4.78, 5) is 9.09. The van der Waals surface area contributed by atoms with Gasteiger partial charge < -0.3 is 15.7 Å². The van der Waals surface area contributed by atoms with Gasteiger partial charge in [-0.15, -0.1) is 35.3 Å². The Balaban J connectivity index is 0.00000576. The molecule has 0 atom stereocenters. The van der Waals surface area contributed by atoms with Crippen LogP contribution in [0.5, 0.6) is 0 Å². The van der Waals surface area contributed by atoms with Crippen molar-refractivity contribution in [2.24, 2.45) is 4.99 Å². The Labute approximate surface area is 174 Å². The third-order valence-corrected chi connectivity index (χ3v) is 4.86. The van der Waals surface area contributed by atoms with Crippen LogP contribution in [0.1, 0.15) is 63.6 Å². The molecule has 0 aliphatic heterocycles. The number of rotatable bonds is 11. The highest BCUT2D eigenvalue weighted by atomic mass is 127. The zero-order valence-corrected chi connectivity index (χ0v) is 19.2. The van der Waals surface area contributed by atoms with Crippen LogP contribution in [0.4, 0.5) is 0 Å². The molecule has 0 saturated carbocycles. The molecule has 7 heteroatoms. The highest BCUT2D eigenvalue weighted by Crippen LogP contribution is 2.19. The molecular formula is C18H35IN4OS. The summed E-state index contributed by atoms with van der Waals surface area (Å²) >= 11 is 1.73. The molecule has 0 aromatic carbocycles. The number of nitrogens with zero attached hydrogens (tertiary/aromatic N) is 2. The van der Waals surface area contributed by atoms with Crippen molar-refractivity contribution < 1.29 is 5.11 Å². The summed E-state index contributed by atoms with van der Waals surface area (Å²) in [5, 5.41) is 20.6. The number of hydrogen-bond acceptors (Lipinski definition) is 4. The van der Waals surface area contributed by atoms with Gasteiger partial charge in [-0.1, -0.05) is 26.7 Å². The maximum Gasteiger partial charge on any atom is 0.191 e. The van der Waals surface area contributed by atoms with Crippen LogP contribution < -0.4 is 10.6 Å². The van der Waals surface area contributed by atoms with Crippen LogP contribution in [0.2, 0.25) is 0 Å². The zero-order valence-electron chi connectivity index (χ0n) is 16.1. The van der Waals surface area contributed by atoms with Gasteiger partial charge in [-0.2, -0.15) is 0 Å². The molecule has 0 unspecified atom stereocenters. The largest absolute Gasteiger partial charge is 0.388 e. The number of aliphatic imine (C=N–C) groups is 1. The molecule has 3 N–H and O–H groups in total. The lowest BCUT2D eigenvalue weighted by Crippen LogP contribution is -2.40. The van der Waals surface area contributed by atoms with Crippen molar-refractivity contribution in [2.75, 3.05) is 19.6 Å². The van der Waals surface area contributed by atoms with Gasteiger partial charge in [-0.05, 0) is 33.1 Å². The molecule has 0 bridgehead atoms. The second kappa shape index (κ2) is 13.7. The van der Waals surface area contributed by atoms with Crippen molar-refractivity contribution in [3.8, 4) is 0 Å². The summed E-state index contributed by atoms with van der Waals surface area (Å²) < 4.78 is 0. The van der Waals surface area contributed by atoms with Crippen molar-refractivity contribution in [3.05, 3.63) is 16.1 Å². The van der Waals surface area contributed by atoms with Crippen LogP contribution in [0.3, 0.4) is 0 Å². The van der Waals surface area contributed by atoms with Crippen molar-refractivity contribution in [3.63, 3.8) is 0 Å². The molecule has 1 aromatic rings. The third-order valence-electron chi connectivity index (χ3n) is 3.83. The van der Waals surface area contributed by atoms with E-state index in [0.29, 0.717) is 6.54 Å². The molecule has 1 rings (SSSR count). The summed E-state index contributed by atoms with van der Waals surface area (Å²) in [7, 11) is 0. The van der Waals surface area contributed by atoms with Crippen LogP contribution in [-0.2, 0) is 6.42 Å². The lowest BCUT2D eigenvalue weighted by Gasteiger charge is -2.26. The Bertz CT molecular complexity index is 487. The molecule has 5 nitrogen and oxygen atoms in total. The van der Waals surface area contributed by atoms with Crippen LogP contribution in [0.15, 0.2) is 10.4 Å². The van der Waals surface area contributed by atoms with Crippen LogP contribution in [0.25, 0.3) is 0 Å². The number of aryl methyl sites for hydroxylation is 2. The first-order chi connectivity index (χ1) is 11.5. The quantitative estimate of drug-likeness (QED) is 0.194. The van der Waals surface area contributed by atoms with E-state index in [4.69, 9.17) is 0 Å². The molecule has 1 aromatic heterocycles. The third kappa shape index (κ3) is 10.4. The van der Waals surface area contributed by atoms with Gasteiger partial charge >= 0.3 is 0 Å². The predicted molar refractivity (Wildman–Crippen MR) is 119 cm³/mol. The standard InChI is InChI=1S/C18H34N4OS.HI/c1-5-10-18(23,11-6-2)14-21-17(19-7-3)20-12-8-9-16-22-15(4)13-24-16;/h13,23H,5-12,14H2,1-4H3,(H2,19,20,21);1H. The number of guanidine groups is 1. The number of aliphatic hydroxyl groups is 1. The lowest BCUT2D eigenvalue weighted by atomic mass is 9.93. The van der Waals surface area contributed by atoms with Crippen LogP contribution in [0, 0.1) is 6.92 Å². The minimum absolute atomic E-state index is 0. The monoisotopic (exact) mass is 482 g/mol. The van der Waals surface area contributed by atoms with E-state index in [-0.39, 0.29) is 24.0 Å². The summed E-state index contributed by atoms with van der Waals surface area (Å²) in [6.45, 7) is 10.4. The molecule has 0 saturated heterocycles. The second-order valence-electron chi connectivity index (χ2n) is 6.33. The smallest absolute Gasteiger partial charge is 0.191 e. The SMILES string of the molecule is CCCC(O)(CCC)CN=C(NCC)NCCCc1nc(C)cs1.I. The molecule has 1 heterocycles. The normalized spacial score (nSPS) is 12.0. The van der Waals surface area contributed by atoms with E-state index in [1.807, 2.05) is 6.92 Å². The van der Waals surface area contributed by atoms with E-state index in [1.54, 1.807) is 11.3 Å². The fraction of sp³-hybridized carbons (Fsp3) is 0.778. The average molecular weight is 482 g/mol. The van der Waals surface area contributed by atoms with Gasteiger partial charge in [0.15, 0.2) is 5.96 Å². The molecule has 0 aliphatic carbocycles. The Morgan fingerprint density at radius 1 is 1.24 bits per heavy atom. The highest BCUT2D eigenvalue weighted by molar-refractivity contribution is 14.0.